The van der Waals surface area contributed by atoms with Gasteiger partial charge in [-0.2, -0.15) is 9.61 Å². The largest absolute Gasteiger partial charge is 0.459 e. The molecule has 4 heterocycles. The SMILES string of the molecule is Cc1cc(NC2CCN(C(=O)c3ccco3)CC2)c2nncn2n1. The lowest BCUT2D eigenvalue weighted by atomic mass is 10.0. The van der Waals surface area contributed by atoms with E-state index in [-0.39, 0.29) is 11.9 Å². The summed E-state index contributed by atoms with van der Waals surface area (Å²) in [5.74, 6) is 0.356. The van der Waals surface area contributed by atoms with E-state index in [1.54, 1.807) is 23.0 Å². The van der Waals surface area contributed by atoms with Gasteiger partial charge in [0.15, 0.2) is 5.76 Å². The molecule has 1 fully saturated rings. The van der Waals surface area contributed by atoms with Crippen molar-refractivity contribution in [2.24, 2.45) is 0 Å². The van der Waals surface area contributed by atoms with E-state index in [2.05, 4.69) is 20.6 Å². The van der Waals surface area contributed by atoms with Crippen LogP contribution in [-0.4, -0.2) is 49.7 Å². The molecule has 3 aromatic heterocycles. The molecular formula is C16H18N6O2. The number of carbonyl (C=O) groups is 1. The van der Waals surface area contributed by atoms with Crippen LogP contribution in [0.5, 0.6) is 0 Å². The first kappa shape index (κ1) is 14.7. The number of rotatable bonds is 3. The molecule has 124 valence electrons. The van der Waals surface area contributed by atoms with E-state index in [0.717, 1.165) is 29.9 Å². The van der Waals surface area contributed by atoms with Crippen LogP contribution in [0.15, 0.2) is 35.2 Å². The average molecular weight is 326 g/mol. The fourth-order valence-corrected chi connectivity index (χ4v) is 3.06. The summed E-state index contributed by atoms with van der Waals surface area (Å²) in [4.78, 5) is 14.1. The van der Waals surface area contributed by atoms with Crippen LogP contribution < -0.4 is 5.32 Å². The molecule has 8 nitrogen and oxygen atoms in total. The number of aromatic nitrogens is 4. The zero-order valence-corrected chi connectivity index (χ0v) is 13.3. The standard InChI is InChI=1S/C16H18N6O2/c1-11-9-13(15-19-17-10-22(15)20-11)18-12-4-6-21(7-5-12)16(23)14-3-2-8-24-14/h2-3,8-10,12,18H,4-7H2,1H3. The van der Waals surface area contributed by atoms with Gasteiger partial charge in [0, 0.05) is 19.1 Å². The summed E-state index contributed by atoms with van der Waals surface area (Å²) in [5, 5.41) is 15.9. The Labute approximate surface area is 138 Å². The molecule has 0 atom stereocenters. The van der Waals surface area contributed by atoms with E-state index in [9.17, 15) is 4.79 Å². The molecule has 0 aromatic carbocycles. The lowest BCUT2D eigenvalue weighted by molar-refractivity contribution is 0.0686. The third-order valence-electron chi connectivity index (χ3n) is 4.26. The van der Waals surface area contributed by atoms with E-state index in [1.165, 1.54) is 6.26 Å². The first-order valence-electron chi connectivity index (χ1n) is 7.98. The molecule has 24 heavy (non-hydrogen) atoms. The highest BCUT2D eigenvalue weighted by Crippen LogP contribution is 2.21. The minimum atomic E-state index is -0.0435. The van der Waals surface area contributed by atoms with E-state index in [0.29, 0.717) is 18.8 Å². The number of hydrogen-bond donors (Lipinski definition) is 1. The van der Waals surface area contributed by atoms with Crippen LogP contribution in [0.4, 0.5) is 5.69 Å². The number of fused-ring (bicyclic) bond motifs is 1. The van der Waals surface area contributed by atoms with Crippen molar-refractivity contribution in [2.45, 2.75) is 25.8 Å². The highest BCUT2D eigenvalue weighted by molar-refractivity contribution is 5.91. The van der Waals surface area contributed by atoms with E-state index in [1.807, 2.05) is 17.9 Å². The number of piperidine rings is 1. The maximum Gasteiger partial charge on any atom is 0.289 e. The van der Waals surface area contributed by atoms with Gasteiger partial charge in [-0.05, 0) is 38.0 Å². The summed E-state index contributed by atoms with van der Waals surface area (Å²) in [7, 11) is 0. The summed E-state index contributed by atoms with van der Waals surface area (Å²) >= 11 is 0. The Kier molecular flexibility index (Phi) is 3.64. The van der Waals surface area contributed by atoms with Crippen LogP contribution in [-0.2, 0) is 0 Å². The normalized spacial score (nSPS) is 15.8. The van der Waals surface area contributed by atoms with E-state index >= 15 is 0 Å². The van der Waals surface area contributed by atoms with Gasteiger partial charge in [-0.25, -0.2) is 0 Å². The van der Waals surface area contributed by atoms with Crippen molar-refractivity contribution in [1.82, 2.24) is 24.7 Å². The molecular weight excluding hydrogens is 308 g/mol. The second-order valence-electron chi connectivity index (χ2n) is 5.99. The van der Waals surface area contributed by atoms with Gasteiger partial charge in [0.1, 0.15) is 6.33 Å². The summed E-state index contributed by atoms with van der Waals surface area (Å²) in [5.41, 5.74) is 2.54. The molecule has 3 aromatic rings. The number of carbonyl (C=O) groups excluding carboxylic acids is 1. The number of hydrogen-bond acceptors (Lipinski definition) is 6. The van der Waals surface area contributed by atoms with Crippen molar-refractivity contribution >= 4 is 17.2 Å². The maximum absolute atomic E-state index is 12.3. The molecule has 0 saturated carbocycles. The highest BCUT2D eigenvalue weighted by atomic mass is 16.3. The molecule has 0 aliphatic carbocycles. The van der Waals surface area contributed by atoms with Crippen LogP contribution in [0.2, 0.25) is 0 Å². The van der Waals surface area contributed by atoms with Gasteiger partial charge in [0.25, 0.3) is 5.91 Å². The maximum atomic E-state index is 12.3. The molecule has 0 bridgehead atoms. The smallest absolute Gasteiger partial charge is 0.289 e. The molecule has 8 heteroatoms. The van der Waals surface area contributed by atoms with E-state index < -0.39 is 0 Å². The summed E-state index contributed by atoms with van der Waals surface area (Å²) < 4.78 is 6.87. The molecule has 0 spiro atoms. The van der Waals surface area contributed by atoms with Crippen LogP contribution in [0, 0.1) is 6.92 Å². The van der Waals surface area contributed by atoms with Crippen LogP contribution in [0.1, 0.15) is 29.1 Å². The third kappa shape index (κ3) is 2.70. The van der Waals surface area contributed by atoms with Crippen LogP contribution >= 0.6 is 0 Å². The zero-order valence-electron chi connectivity index (χ0n) is 13.3. The van der Waals surface area contributed by atoms with Gasteiger partial charge in [-0.15, -0.1) is 10.2 Å². The minimum absolute atomic E-state index is 0.0435. The summed E-state index contributed by atoms with van der Waals surface area (Å²) in [6, 6.07) is 5.70. The predicted molar refractivity (Wildman–Crippen MR) is 86.8 cm³/mol. The predicted octanol–water partition coefficient (Wildman–Crippen LogP) is 1.74. The van der Waals surface area contributed by atoms with Gasteiger partial charge >= 0.3 is 0 Å². The van der Waals surface area contributed by atoms with Gasteiger partial charge in [-0.3, -0.25) is 4.79 Å². The Morgan fingerprint density at radius 2 is 2.21 bits per heavy atom. The van der Waals surface area contributed by atoms with Gasteiger partial charge in [0.05, 0.1) is 17.6 Å². The van der Waals surface area contributed by atoms with Crippen molar-refractivity contribution < 1.29 is 9.21 Å². The Hall–Kier alpha value is -2.90. The van der Waals surface area contributed by atoms with Crippen molar-refractivity contribution in [3.05, 3.63) is 42.2 Å². The summed E-state index contributed by atoms with van der Waals surface area (Å²) in [6.07, 6.45) is 4.86. The second-order valence-corrected chi connectivity index (χ2v) is 5.99. The topological polar surface area (TPSA) is 88.6 Å². The van der Waals surface area contributed by atoms with Gasteiger partial charge < -0.3 is 14.6 Å². The number of furan rings is 1. The first-order valence-corrected chi connectivity index (χ1v) is 7.98. The van der Waals surface area contributed by atoms with E-state index in [4.69, 9.17) is 4.42 Å². The Morgan fingerprint density at radius 1 is 1.38 bits per heavy atom. The first-order chi connectivity index (χ1) is 11.7. The number of likely N-dealkylation sites (tertiary alicyclic amines) is 1. The fraction of sp³-hybridized carbons (Fsp3) is 0.375. The molecule has 1 aliphatic heterocycles. The second kappa shape index (κ2) is 5.95. The number of aryl methyl sites for hydroxylation is 1. The molecule has 1 saturated heterocycles. The van der Waals surface area contributed by atoms with Crippen molar-refractivity contribution in [3.8, 4) is 0 Å². The lowest BCUT2D eigenvalue weighted by Crippen LogP contribution is -2.42. The third-order valence-corrected chi connectivity index (χ3v) is 4.26. The Morgan fingerprint density at radius 3 is 2.96 bits per heavy atom. The monoisotopic (exact) mass is 326 g/mol. The lowest BCUT2D eigenvalue weighted by Gasteiger charge is -2.32. The van der Waals surface area contributed by atoms with Gasteiger partial charge in [-0.1, -0.05) is 0 Å². The van der Waals surface area contributed by atoms with Crippen LogP contribution in [0.3, 0.4) is 0 Å². The average Bonchev–Trinajstić information content (AvgIpc) is 3.26. The molecule has 4 rings (SSSR count). The fourth-order valence-electron chi connectivity index (χ4n) is 3.06. The Balaban J connectivity index is 1.43. The van der Waals surface area contributed by atoms with Gasteiger partial charge in [0.2, 0.25) is 5.65 Å². The molecule has 1 amide bonds. The quantitative estimate of drug-likeness (QED) is 0.789. The number of nitrogens with zero attached hydrogens (tertiary/aromatic N) is 5. The molecule has 0 unspecified atom stereocenters. The highest BCUT2D eigenvalue weighted by Gasteiger charge is 2.25. The van der Waals surface area contributed by atoms with Crippen molar-refractivity contribution in [1.29, 1.82) is 0 Å². The molecule has 1 N–H and O–H groups in total. The molecule has 0 radical (unpaired) electrons. The van der Waals surface area contributed by atoms with Crippen molar-refractivity contribution in [3.63, 3.8) is 0 Å². The number of nitrogens with one attached hydrogen (secondary N) is 1. The van der Waals surface area contributed by atoms with Crippen LogP contribution in [0.25, 0.3) is 5.65 Å². The van der Waals surface area contributed by atoms with Crippen molar-refractivity contribution in [2.75, 3.05) is 18.4 Å². The number of amides is 1. The minimum Gasteiger partial charge on any atom is -0.459 e. The molecule has 1 aliphatic rings. The Bertz CT molecular complexity index is 849. The number of anilines is 1. The summed E-state index contributed by atoms with van der Waals surface area (Å²) in [6.45, 7) is 3.34. The zero-order chi connectivity index (χ0) is 16.5.